The van der Waals surface area contributed by atoms with Crippen LogP contribution < -0.4 is 15.8 Å². The van der Waals surface area contributed by atoms with Crippen LogP contribution in [0.5, 0.6) is 5.75 Å². The number of ether oxygens (including phenoxy) is 1. The van der Waals surface area contributed by atoms with Gasteiger partial charge in [0.1, 0.15) is 10.7 Å². The fourth-order valence-corrected chi connectivity index (χ4v) is 1.47. The topological polar surface area (TPSA) is 67.6 Å². The highest BCUT2D eigenvalue weighted by Crippen LogP contribution is 2.11. The molecule has 0 fully saturated rings. The van der Waals surface area contributed by atoms with Crippen molar-refractivity contribution in [2.45, 2.75) is 0 Å². The van der Waals surface area contributed by atoms with Crippen molar-refractivity contribution >= 4 is 23.1 Å². The molecule has 0 saturated carbocycles. The van der Waals surface area contributed by atoms with E-state index in [9.17, 15) is 4.79 Å². The first kappa shape index (κ1) is 15.4. The predicted octanol–water partition coefficient (Wildman–Crippen LogP) is 0.377. The van der Waals surface area contributed by atoms with Crippen molar-refractivity contribution in [1.29, 1.82) is 0 Å². The number of benzene rings is 1. The van der Waals surface area contributed by atoms with Crippen LogP contribution in [0.1, 0.15) is 5.56 Å². The Kier molecular flexibility index (Phi) is 6.24. The zero-order chi connectivity index (χ0) is 14.3. The van der Waals surface area contributed by atoms with E-state index in [-0.39, 0.29) is 12.5 Å². The molecule has 1 rings (SSSR count). The van der Waals surface area contributed by atoms with Crippen molar-refractivity contribution in [3.63, 3.8) is 0 Å². The average Bonchev–Trinajstić information content (AvgIpc) is 2.36. The summed E-state index contributed by atoms with van der Waals surface area (Å²) in [6.07, 6.45) is 0. The van der Waals surface area contributed by atoms with Gasteiger partial charge in [0.25, 0.3) is 5.91 Å². The summed E-state index contributed by atoms with van der Waals surface area (Å²) in [4.78, 5) is 13.8. The van der Waals surface area contributed by atoms with Gasteiger partial charge in [0, 0.05) is 18.7 Å². The highest BCUT2D eigenvalue weighted by molar-refractivity contribution is 7.80. The van der Waals surface area contributed by atoms with Crippen LogP contribution in [0, 0.1) is 0 Å². The van der Waals surface area contributed by atoms with E-state index in [1.807, 2.05) is 19.0 Å². The quantitative estimate of drug-likeness (QED) is 0.707. The van der Waals surface area contributed by atoms with Crippen LogP contribution in [0.2, 0.25) is 0 Å². The standard InChI is InChI=1S/C13H19N3O2S/c1-16(2)8-7-15-12(17)9-18-11-5-3-10(4-6-11)13(14)19/h3-6H,7-9H2,1-2H3,(H2,14,19)(H,15,17). The molecule has 0 atom stereocenters. The van der Waals surface area contributed by atoms with Gasteiger partial charge in [-0.25, -0.2) is 0 Å². The van der Waals surface area contributed by atoms with E-state index in [4.69, 9.17) is 22.7 Å². The van der Waals surface area contributed by atoms with Gasteiger partial charge in [0.05, 0.1) is 0 Å². The molecular weight excluding hydrogens is 262 g/mol. The van der Waals surface area contributed by atoms with Gasteiger partial charge >= 0.3 is 0 Å². The largest absolute Gasteiger partial charge is 0.484 e. The molecule has 1 aromatic rings. The fraction of sp³-hybridized carbons (Fsp3) is 0.385. The van der Waals surface area contributed by atoms with Crippen LogP contribution >= 0.6 is 12.2 Å². The summed E-state index contributed by atoms with van der Waals surface area (Å²) >= 11 is 4.85. The van der Waals surface area contributed by atoms with Crippen molar-refractivity contribution in [3.8, 4) is 5.75 Å². The molecule has 0 spiro atoms. The summed E-state index contributed by atoms with van der Waals surface area (Å²) < 4.78 is 5.35. The maximum absolute atomic E-state index is 11.5. The molecule has 0 unspecified atom stereocenters. The van der Waals surface area contributed by atoms with Crippen molar-refractivity contribution in [2.75, 3.05) is 33.8 Å². The second kappa shape index (κ2) is 7.70. The molecule has 0 aliphatic carbocycles. The Morgan fingerprint density at radius 2 is 2.00 bits per heavy atom. The Morgan fingerprint density at radius 1 is 1.37 bits per heavy atom. The third-order valence-corrected chi connectivity index (χ3v) is 2.63. The van der Waals surface area contributed by atoms with Crippen LogP contribution in [0.4, 0.5) is 0 Å². The van der Waals surface area contributed by atoms with Gasteiger partial charge in [-0.2, -0.15) is 0 Å². The lowest BCUT2D eigenvalue weighted by Crippen LogP contribution is -2.34. The molecule has 0 bridgehead atoms. The SMILES string of the molecule is CN(C)CCNC(=O)COc1ccc(C(N)=S)cc1. The monoisotopic (exact) mass is 281 g/mol. The Bertz CT molecular complexity index is 432. The van der Waals surface area contributed by atoms with Gasteiger partial charge in [0.15, 0.2) is 6.61 Å². The van der Waals surface area contributed by atoms with E-state index < -0.39 is 0 Å². The lowest BCUT2D eigenvalue weighted by Gasteiger charge is -2.11. The van der Waals surface area contributed by atoms with Crippen LogP contribution in [-0.4, -0.2) is 49.6 Å². The number of likely N-dealkylation sites (N-methyl/N-ethyl adjacent to an activating group) is 1. The number of carbonyl (C=O) groups excluding carboxylic acids is 1. The molecule has 5 nitrogen and oxygen atoms in total. The third kappa shape index (κ3) is 6.17. The molecule has 0 saturated heterocycles. The summed E-state index contributed by atoms with van der Waals surface area (Å²) in [5, 5.41) is 2.77. The maximum Gasteiger partial charge on any atom is 0.257 e. The second-order valence-corrected chi connectivity index (χ2v) is 4.77. The Labute approximate surface area is 118 Å². The van der Waals surface area contributed by atoms with E-state index in [0.717, 1.165) is 12.1 Å². The van der Waals surface area contributed by atoms with Gasteiger partial charge < -0.3 is 20.7 Å². The van der Waals surface area contributed by atoms with Crippen LogP contribution in [0.15, 0.2) is 24.3 Å². The lowest BCUT2D eigenvalue weighted by molar-refractivity contribution is -0.123. The molecule has 104 valence electrons. The summed E-state index contributed by atoms with van der Waals surface area (Å²) in [7, 11) is 3.90. The predicted molar refractivity (Wildman–Crippen MR) is 79.4 cm³/mol. The minimum absolute atomic E-state index is 0.000152. The molecule has 0 aromatic heterocycles. The molecule has 1 amide bonds. The zero-order valence-corrected chi connectivity index (χ0v) is 12.0. The molecular formula is C13H19N3O2S. The molecule has 19 heavy (non-hydrogen) atoms. The summed E-state index contributed by atoms with van der Waals surface area (Å²) in [6, 6.07) is 7.01. The van der Waals surface area contributed by atoms with Crippen molar-refractivity contribution in [2.24, 2.45) is 5.73 Å². The zero-order valence-electron chi connectivity index (χ0n) is 11.2. The molecule has 6 heteroatoms. The molecule has 0 radical (unpaired) electrons. The minimum atomic E-state index is -0.139. The third-order valence-electron chi connectivity index (χ3n) is 2.39. The number of hydrogen-bond donors (Lipinski definition) is 2. The highest BCUT2D eigenvalue weighted by atomic mass is 32.1. The van der Waals surface area contributed by atoms with Gasteiger partial charge in [-0.1, -0.05) is 12.2 Å². The average molecular weight is 281 g/mol. The Morgan fingerprint density at radius 3 is 2.53 bits per heavy atom. The molecule has 1 aromatic carbocycles. The van der Waals surface area contributed by atoms with Gasteiger partial charge in [-0.15, -0.1) is 0 Å². The number of carbonyl (C=O) groups is 1. The van der Waals surface area contributed by atoms with Crippen molar-refractivity contribution in [1.82, 2.24) is 10.2 Å². The van der Waals surface area contributed by atoms with E-state index in [1.165, 1.54) is 0 Å². The first-order valence-electron chi connectivity index (χ1n) is 5.93. The fourth-order valence-electron chi connectivity index (χ4n) is 1.33. The van der Waals surface area contributed by atoms with E-state index in [2.05, 4.69) is 5.32 Å². The molecule has 0 aliphatic heterocycles. The summed E-state index contributed by atoms with van der Waals surface area (Å²) in [5.74, 6) is 0.475. The molecule has 3 N–H and O–H groups in total. The lowest BCUT2D eigenvalue weighted by atomic mass is 10.2. The van der Waals surface area contributed by atoms with E-state index >= 15 is 0 Å². The number of nitrogens with zero attached hydrogens (tertiary/aromatic N) is 1. The molecule has 0 heterocycles. The summed E-state index contributed by atoms with van der Waals surface area (Å²) in [6.45, 7) is 1.41. The molecule has 0 aliphatic rings. The number of amides is 1. The van der Waals surface area contributed by atoms with Crippen LogP contribution in [-0.2, 0) is 4.79 Å². The van der Waals surface area contributed by atoms with Crippen LogP contribution in [0.25, 0.3) is 0 Å². The number of rotatable bonds is 7. The number of hydrogen-bond acceptors (Lipinski definition) is 4. The van der Waals surface area contributed by atoms with E-state index in [0.29, 0.717) is 17.3 Å². The number of nitrogens with two attached hydrogens (primary N) is 1. The Balaban J connectivity index is 2.32. The second-order valence-electron chi connectivity index (χ2n) is 4.33. The first-order chi connectivity index (χ1) is 8.99. The van der Waals surface area contributed by atoms with Gasteiger partial charge in [-0.3, -0.25) is 4.79 Å². The first-order valence-corrected chi connectivity index (χ1v) is 6.34. The summed E-state index contributed by atoms with van der Waals surface area (Å²) in [5.41, 5.74) is 6.26. The Hall–Kier alpha value is -1.66. The number of thiocarbonyl (C=S) groups is 1. The number of nitrogens with one attached hydrogen (secondary N) is 1. The normalized spacial score (nSPS) is 10.3. The van der Waals surface area contributed by atoms with Gasteiger partial charge in [-0.05, 0) is 38.4 Å². The highest BCUT2D eigenvalue weighted by Gasteiger charge is 2.03. The van der Waals surface area contributed by atoms with Gasteiger partial charge in [0.2, 0.25) is 0 Å². The van der Waals surface area contributed by atoms with Crippen molar-refractivity contribution < 1.29 is 9.53 Å². The minimum Gasteiger partial charge on any atom is -0.484 e. The van der Waals surface area contributed by atoms with Crippen molar-refractivity contribution in [3.05, 3.63) is 29.8 Å². The maximum atomic E-state index is 11.5. The van der Waals surface area contributed by atoms with Crippen LogP contribution in [0.3, 0.4) is 0 Å². The smallest absolute Gasteiger partial charge is 0.257 e. The van der Waals surface area contributed by atoms with E-state index in [1.54, 1.807) is 24.3 Å².